The monoisotopic (exact) mass is 356 g/mol. The van der Waals surface area contributed by atoms with Crippen molar-refractivity contribution in [2.24, 2.45) is 10.9 Å². The lowest BCUT2D eigenvalue weighted by Crippen LogP contribution is -2.34. The van der Waals surface area contributed by atoms with Crippen molar-refractivity contribution in [3.8, 4) is 0 Å². The molecule has 136 valence electrons. The van der Waals surface area contributed by atoms with Crippen LogP contribution in [0.2, 0.25) is 0 Å². The first-order valence-electron chi connectivity index (χ1n) is 9.16. The van der Waals surface area contributed by atoms with Gasteiger partial charge in [-0.05, 0) is 23.3 Å². The van der Waals surface area contributed by atoms with Crippen LogP contribution in [0.25, 0.3) is 0 Å². The van der Waals surface area contributed by atoms with Gasteiger partial charge in [-0.3, -0.25) is 9.79 Å². The van der Waals surface area contributed by atoms with Gasteiger partial charge < -0.3 is 5.32 Å². The molecule has 3 rings (SSSR count). The highest BCUT2D eigenvalue weighted by atomic mass is 16.1. The highest BCUT2D eigenvalue weighted by molar-refractivity contribution is 6.04. The average Bonchev–Trinajstić information content (AvgIpc) is 2.72. The van der Waals surface area contributed by atoms with Crippen molar-refractivity contribution in [2.45, 2.75) is 19.9 Å². The maximum Gasteiger partial charge on any atom is 0.217 e. The molecule has 3 nitrogen and oxygen atoms in total. The van der Waals surface area contributed by atoms with Crippen molar-refractivity contribution < 1.29 is 4.79 Å². The Morgan fingerprint density at radius 2 is 1.33 bits per heavy atom. The van der Waals surface area contributed by atoms with Gasteiger partial charge in [-0.1, -0.05) is 85.8 Å². The fraction of sp³-hybridized carbons (Fsp3) is 0.167. The largest absolute Gasteiger partial charge is 0.349 e. The number of nitrogens with zero attached hydrogens (tertiary/aromatic N) is 1. The normalized spacial score (nSPS) is 13.6. The predicted molar refractivity (Wildman–Crippen MR) is 111 cm³/mol. The van der Waals surface area contributed by atoms with Crippen LogP contribution in [0.1, 0.15) is 31.0 Å². The second kappa shape index (κ2) is 8.95. The van der Waals surface area contributed by atoms with Crippen LogP contribution < -0.4 is 5.32 Å². The van der Waals surface area contributed by atoms with Crippen LogP contribution in [-0.2, 0) is 4.79 Å². The molecule has 0 aliphatic heterocycles. The molecule has 0 saturated carbocycles. The van der Waals surface area contributed by atoms with Crippen LogP contribution in [0.15, 0.2) is 96.0 Å². The Labute approximate surface area is 160 Å². The van der Waals surface area contributed by atoms with E-state index in [1.807, 2.05) is 78.9 Å². The number of carbonyl (C=O) groups excluding carboxylic acids is 1. The van der Waals surface area contributed by atoms with E-state index in [2.05, 4.69) is 24.4 Å². The van der Waals surface area contributed by atoms with E-state index in [1.54, 1.807) is 6.92 Å². The first-order valence-corrected chi connectivity index (χ1v) is 9.16. The van der Waals surface area contributed by atoms with Crippen LogP contribution >= 0.6 is 0 Å². The lowest BCUT2D eigenvalue weighted by molar-refractivity contribution is -0.119. The Kier molecular flexibility index (Phi) is 6.16. The Balaban J connectivity index is 2.06. The van der Waals surface area contributed by atoms with Crippen LogP contribution in [0.3, 0.4) is 0 Å². The van der Waals surface area contributed by atoms with E-state index in [1.165, 1.54) is 0 Å². The van der Waals surface area contributed by atoms with Crippen molar-refractivity contribution in [3.63, 3.8) is 0 Å². The SMILES string of the molecule is CC(=O)NC(c1ccccc1)C(C)C(=Nc1ccccc1)c1ccccc1. The van der Waals surface area contributed by atoms with Gasteiger partial charge in [0.15, 0.2) is 0 Å². The predicted octanol–water partition coefficient (Wildman–Crippen LogP) is 5.32. The van der Waals surface area contributed by atoms with Gasteiger partial charge in [-0.2, -0.15) is 0 Å². The second-order valence-corrected chi connectivity index (χ2v) is 6.58. The van der Waals surface area contributed by atoms with Gasteiger partial charge in [0.2, 0.25) is 5.91 Å². The zero-order valence-electron chi connectivity index (χ0n) is 15.7. The highest BCUT2D eigenvalue weighted by Gasteiger charge is 2.25. The third-order valence-corrected chi connectivity index (χ3v) is 4.52. The number of amides is 1. The minimum absolute atomic E-state index is 0.0149. The molecule has 0 heterocycles. The minimum atomic E-state index is -0.161. The molecule has 3 aromatic rings. The zero-order chi connectivity index (χ0) is 19.1. The van der Waals surface area contributed by atoms with E-state index < -0.39 is 0 Å². The van der Waals surface area contributed by atoms with Crippen molar-refractivity contribution in [2.75, 3.05) is 0 Å². The topological polar surface area (TPSA) is 41.5 Å². The van der Waals surface area contributed by atoms with Gasteiger partial charge in [0.25, 0.3) is 0 Å². The lowest BCUT2D eigenvalue weighted by atomic mass is 9.87. The van der Waals surface area contributed by atoms with E-state index in [0.29, 0.717) is 0 Å². The molecule has 0 bridgehead atoms. The van der Waals surface area contributed by atoms with Crippen molar-refractivity contribution in [3.05, 3.63) is 102 Å². The number of para-hydroxylation sites is 1. The Morgan fingerprint density at radius 3 is 1.89 bits per heavy atom. The van der Waals surface area contributed by atoms with Gasteiger partial charge in [0, 0.05) is 12.8 Å². The van der Waals surface area contributed by atoms with E-state index in [9.17, 15) is 4.79 Å². The molecule has 0 saturated heterocycles. The van der Waals surface area contributed by atoms with Gasteiger partial charge in [0.05, 0.1) is 17.4 Å². The Bertz CT molecular complexity index is 889. The number of hydrogen-bond acceptors (Lipinski definition) is 2. The van der Waals surface area contributed by atoms with Crippen molar-refractivity contribution in [1.82, 2.24) is 5.32 Å². The van der Waals surface area contributed by atoms with Gasteiger partial charge >= 0.3 is 0 Å². The molecule has 0 aromatic heterocycles. The fourth-order valence-corrected chi connectivity index (χ4v) is 3.21. The summed E-state index contributed by atoms with van der Waals surface area (Å²) < 4.78 is 0. The van der Waals surface area contributed by atoms with Crippen molar-refractivity contribution in [1.29, 1.82) is 0 Å². The number of nitrogens with one attached hydrogen (secondary N) is 1. The quantitative estimate of drug-likeness (QED) is 0.597. The maximum absolute atomic E-state index is 11.9. The standard InChI is InChI=1S/C24H24N2O/c1-18(23(25-19(2)27)20-12-6-3-7-13-20)24(21-14-8-4-9-15-21)26-22-16-10-5-11-17-22/h3-18,23H,1-2H3,(H,25,27). The molecule has 1 amide bonds. The first-order chi connectivity index (χ1) is 13.1. The summed E-state index contributed by atoms with van der Waals surface area (Å²) >= 11 is 0. The third-order valence-electron chi connectivity index (χ3n) is 4.52. The molecule has 3 aromatic carbocycles. The summed E-state index contributed by atoms with van der Waals surface area (Å²) in [5, 5.41) is 3.11. The van der Waals surface area contributed by atoms with E-state index in [0.717, 1.165) is 22.5 Å². The molecule has 0 fully saturated rings. The third kappa shape index (κ3) is 4.91. The summed E-state index contributed by atoms with van der Waals surface area (Å²) in [5.41, 5.74) is 3.97. The van der Waals surface area contributed by atoms with Crippen LogP contribution in [0.5, 0.6) is 0 Å². The number of carbonyl (C=O) groups is 1. The van der Waals surface area contributed by atoms with Crippen molar-refractivity contribution >= 4 is 17.3 Å². The van der Waals surface area contributed by atoms with E-state index >= 15 is 0 Å². The van der Waals surface area contributed by atoms with Gasteiger partial charge in [0.1, 0.15) is 0 Å². The summed E-state index contributed by atoms with van der Waals surface area (Å²) in [6.07, 6.45) is 0. The highest BCUT2D eigenvalue weighted by Crippen LogP contribution is 2.28. The molecule has 0 aliphatic rings. The van der Waals surface area contributed by atoms with Crippen LogP contribution in [0.4, 0.5) is 5.69 Å². The number of rotatable bonds is 6. The maximum atomic E-state index is 11.9. The molecule has 2 atom stereocenters. The summed E-state index contributed by atoms with van der Waals surface area (Å²) in [6.45, 7) is 3.67. The Hall–Kier alpha value is -3.20. The average molecular weight is 356 g/mol. The van der Waals surface area contributed by atoms with Crippen LogP contribution in [-0.4, -0.2) is 11.6 Å². The Morgan fingerprint density at radius 1 is 0.815 bits per heavy atom. The molecule has 0 spiro atoms. The minimum Gasteiger partial charge on any atom is -0.349 e. The first kappa shape index (κ1) is 18.6. The summed E-state index contributed by atoms with van der Waals surface area (Å²) in [6, 6.07) is 30.0. The summed E-state index contributed by atoms with van der Waals surface area (Å²) in [5.74, 6) is -0.0678. The molecule has 1 N–H and O–H groups in total. The summed E-state index contributed by atoms with van der Waals surface area (Å²) in [4.78, 5) is 16.8. The molecule has 0 aliphatic carbocycles. The van der Waals surface area contributed by atoms with E-state index in [4.69, 9.17) is 4.99 Å². The van der Waals surface area contributed by atoms with Crippen LogP contribution in [0, 0.1) is 5.92 Å². The summed E-state index contributed by atoms with van der Waals surface area (Å²) in [7, 11) is 0. The van der Waals surface area contributed by atoms with E-state index in [-0.39, 0.29) is 17.9 Å². The molecular weight excluding hydrogens is 332 g/mol. The molecule has 0 radical (unpaired) electrons. The lowest BCUT2D eigenvalue weighted by Gasteiger charge is -2.27. The molecule has 27 heavy (non-hydrogen) atoms. The zero-order valence-corrected chi connectivity index (χ0v) is 15.7. The smallest absolute Gasteiger partial charge is 0.217 e. The van der Waals surface area contributed by atoms with Gasteiger partial charge in [-0.15, -0.1) is 0 Å². The van der Waals surface area contributed by atoms with Gasteiger partial charge in [-0.25, -0.2) is 0 Å². The number of aliphatic imine (C=N–C) groups is 1. The molecular formula is C24H24N2O. The molecule has 3 heteroatoms. The number of hydrogen-bond donors (Lipinski definition) is 1. The fourth-order valence-electron chi connectivity index (χ4n) is 3.21. The second-order valence-electron chi connectivity index (χ2n) is 6.58. The number of benzene rings is 3. The molecule has 2 unspecified atom stereocenters.